The van der Waals surface area contributed by atoms with E-state index >= 15 is 0 Å². The molecule has 0 aliphatic heterocycles. The maximum Gasteiger partial charge on any atom is 0.225 e. The van der Waals surface area contributed by atoms with Crippen LogP contribution in [-0.4, -0.2) is 11.7 Å². The summed E-state index contributed by atoms with van der Waals surface area (Å²) in [6.45, 7) is 0. The molecule has 0 bridgehead atoms. The van der Waals surface area contributed by atoms with Crippen LogP contribution >= 0.6 is 35.0 Å². The largest absolute Gasteiger partial charge is 0.396 e. The van der Waals surface area contributed by atoms with Crippen molar-refractivity contribution >= 4 is 52.2 Å². The minimum absolute atomic E-state index is 0.0877. The fraction of sp³-hybridized carbons (Fsp3) is 0.133. The van der Waals surface area contributed by atoms with Crippen LogP contribution in [0.3, 0.4) is 0 Å². The van der Waals surface area contributed by atoms with Gasteiger partial charge in [0.05, 0.1) is 15.7 Å². The van der Waals surface area contributed by atoms with Crippen LogP contribution in [0.5, 0.6) is 0 Å². The Bertz CT molecular complexity index is 612. The number of nitrogens with one attached hydrogen (secondary N) is 1. The normalized spacial score (nSPS) is 10.4. The van der Waals surface area contributed by atoms with Crippen LogP contribution in [0.2, 0.25) is 10.0 Å². The number of carbonyl (C=O) groups is 1. The molecule has 0 saturated heterocycles. The molecule has 2 rings (SSSR count). The van der Waals surface area contributed by atoms with Gasteiger partial charge in [0.2, 0.25) is 5.91 Å². The molecule has 0 saturated carbocycles. The lowest BCUT2D eigenvalue weighted by Crippen LogP contribution is -2.12. The summed E-state index contributed by atoms with van der Waals surface area (Å²) in [5.41, 5.74) is 6.51. The zero-order valence-corrected chi connectivity index (χ0v) is 13.4. The number of amides is 1. The van der Waals surface area contributed by atoms with Gasteiger partial charge in [0, 0.05) is 22.8 Å². The molecule has 0 heterocycles. The molecule has 110 valence electrons. The number of hydrogen-bond donors (Lipinski definition) is 2. The molecule has 0 aliphatic rings. The van der Waals surface area contributed by atoms with E-state index in [9.17, 15) is 4.79 Å². The molecule has 0 radical (unpaired) electrons. The van der Waals surface area contributed by atoms with Gasteiger partial charge in [0.15, 0.2) is 0 Å². The summed E-state index contributed by atoms with van der Waals surface area (Å²) < 4.78 is 0. The average Bonchev–Trinajstić information content (AvgIpc) is 2.46. The highest BCUT2D eigenvalue weighted by molar-refractivity contribution is 7.99. The van der Waals surface area contributed by atoms with Crippen molar-refractivity contribution in [2.75, 3.05) is 16.8 Å². The van der Waals surface area contributed by atoms with Crippen LogP contribution in [-0.2, 0) is 4.79 Å². The number of rotatable bonds is 5. The second kappa shape index (κ2) is 7.59. The third-order valence-electron chi connectivity index (χ3n) is 2.70. The highest BCUT2D eigenvalue weighted by Crippen LogP contribution is 2.31. The molecule has 3 N–H and O–H groups in total. The quantitative estimate of drug-likeness (QED) is 0.612. The molecule has 0 unspecified atom stereocenters. The zero-order valence-electron chi connectivity index (χ0n) is 11.1. The van der Waals surface area contributed by atoms with Crippen molar-refractivity contribution in [1.29, 1.82) is 0 Å². The molecule has 3 nitrogen and oxygen atoms in total. The van der Waals surface area contributed by atoms with E-state index in [1.165, 1.54) is 0 Å². The molecular weight excluding hydrogens is 327 g/mol. The van der Waals surface area contributed by atoms with E-state index in [1.807, 2.05) is 30.3 Å². The molecular formula is C15H14Cl2N2OS. The van der Waals surface area contributed by atoms with Gasteiger partial charge in [-0.15, -0.1) is 11.8 Å². The van der Waals surface area contributed by atoms with Crippen molar-refractivity contribution in [2.24, 2.45) is 0 Å². The Hall–Kier alpha value is -1.36. The van der Waals surface area contributed by atoms with Crippen molar-refractivity contribution in [3.05, 3.63) is 52.5 Å². The summed E-state index contributed by atoms with van der Waals surface area (Å²) >= 11 is 13.5. The van der Waals surface area contributed by atoms with Crippen LogP contribution in [0.15, 0.2) is 47.4 Å². The fourth-order valence-corrected chi connectivity index (χ4v) is 3.02. The van der Waals surface area contributed by atoms with Crippen LogP contribution in [0.1, 0.15) is 6.42 Å². The Labute approximate surface area is 137 Å². The van der Waals surface area contributed by atoms with Gasteiger partial charge in [0.1, 0.15) is 0 Å². The van der Waals surface area contributed by atoms with E-state index < -0.39 is 0 Å². The molecule has 2 aromatic carbocycles. The van der Waals surface area contributed by atoms with Gasteiger partial charge in [-0.1, -0.05) is 41.4 Å². The SMILES string of the molecule is Nc1c(Cl)cc(NC(=O)CCSc2ccccc2)cc1Cl. The summed E-state index contributed by atoms with van der Waals surface area (Å²) in [6, 6.07) is 13.1. The first kappa shape index (κ1) is 16.0. The number of thioether (sulfide) groups is 1. The van der Waals surface area contributed by atoms with Crippen LogP contribution < -0.4 is 11.1 Å². The molecule has 21 heavy (non-hydrogen) atoms. The van der Waals surface area contributed by atoms with E-state index in [-0.39, 0.29) is 5.91 Å². The number of halogens is 2. The fourth-order valence-electron chi connectivity index (χ4n) is 1.66. The molecule has 6 heteroatoms. The maximum absolute atomic E-state index is 11.9. The second-order valence-corrected chi connectivity index (χ2v) is 6.30. The Morgan fingerprint density at radius 1 is 1.14 bits per heavy atom. The Morgan fingerprint density at radius 2 is 1.76 bits per heavy atom. The lowest BCUT2D eigenvalue weighted by atomic mass is 10.2. The average molecular weight is 341 g/mol. The summed E-state index contributed by atoms with van der Waals surface area (Å²) in [7, 11) is 0. The van der Waals surface area contributed by atoms with Crippen molar-refractivity contribution in [1.82, 2.24) is 0 Å². The standard InChI is InChI=1S/C15H14Cl2N2OS/c16-12-8-10(9-13(17)15(12)18)19-14(20)6-7-21-11-4-2-1-3-5-11/h1-5,8-9H,6-7,18H2,(H,19,20). The van der Waals surface area contributed by atoms with Crippen molar-refractivity contribution in [2.45, 2.75) is 11.3 Å². The number of anilines is 2. The van der Waals surface area contributed by atoms with Crippen LogP contribution in [0.4, 0.5) is 11.4 Å². The smallest absolute Gasteiger partial charge is 0.225 e. The summed E-state index contributed by atoms with van der Waals surface area (Å²) in [5, 5.41) is 3.42. The summed E-state index contributed by atoms with van der Waals surface area (Å²) in [5.74, 6) is 0.613. The highest BCUT2D eigenvalue weighted by Gasteiger charge is 2.08. The van der Waals surface area contributed by atoms with Gasteiger partial charge in [-0.2, -0.15) is 0 Å². The van der Waals surface area contributed by atoms with Gasteiger partial charge >= 0.3 is 0 Å². The predicted molar refractivity (Wildman–Crippen MR) is 91.3 cm³/mol. The number of hydrogen-bond acceptors (Lipinski definition) is 3. The molecule has 0 spiro atoms. The summed E-state index contributed by atoms with van der Waals surface area (Å²) in [4.78, 5) is 13.0. The number of nitrogen functional groups attached to an aromatic ring is 1. The molecule has 0 aliphatic carbocycles. The van der Waals surface area contributed by atoms with Crippen LogP contribution in [0, 0.1) is 0 Å². The molecule has 0 atom stereocenters. The number of benzene rings is 2. The Kier molecular flexibility index (Phi) is 5.79. The second-order valence-electron chi connectivity index (χ2n) is 4.31. The monoisotopic (exact) mass is 340 g/mol. The van der Waals surface area contributed by atoms with Gasteiger partial charge in [-0.05, 0) is 24.3 Å². The van der Waals surface area contributed by atoms with Crippen molar-refractivity contribution in [3.63, 3.8) is 0 Å². The van der Waals surface area contributed by atoms with Gasteiger partial charge in [-0.25, -0.2) is 0 Å². The molecule has 0 aromatic heterocycles. The number of nitrogens with two attached hydrogens (primary N) is 1. The lowest BCUT2D eigenvalue weighted by Gasteiger charge is -2.08. The third-order valence-corrected chi connectivity index (χ3v) is 4.34. The third kappa shape index (κ3) is 4.84. The topological polar surface area (TPSA) is 55.1 Å². The van der Waals surface area contributed by atoms with E-state index in [2.05, 4.69) is 5.32 Å². The van der Waals surface area contributed by atoms with Crippen molar-refractivity contribution < 1.29 is 4.79 Å². The number of carbonyl (C=O) groups excluding carboxylic acids is 1. The zero-order chi connectivity index (χ0) is 15.2. The lowest BCUT2D eigenvalue weighted by molar-refractivity contribution is -0.115. The summed E-state index contributed by atoms with van der Waals surface area (Å²) in [6.07, 6.45) is 0.402. The first-order chi connectivity index (χ1) is 10.1. The van der Waals surface area contributed by atoms with Gasteiger partial charge in [-0.3, -0.25) is 4.79 Å². The first-order valence-corrected chi connectivity index (χ1v) is 8.02. The minimum atomic E-state index is -0.0877. The molecule has 2 aromatic rings. The first-order valence-electron chi connectivity index (χ1n) is 6.28. The van der Waals surface area contributed by atoms with E-state index in [0.29, 0.717) is 33.6 Å². The van der Waals surface area contributed by atoms with Crippen LogP contribution in [0.25, 0.3) is 0 Å². The van der Waals surface area contributed by atoms with Gasteiger partial charge < -0.3 is 11.1 Å². The predicted octanol–water partition coefficient (Wildman–Crippen LogP) is 4.70. The maximum atomic E-state index is 11.9. The highest BCUT2D eigenvalue weighted by atomic mass is 35.5. The van der Waals surface area contributed by atoms with E-state index in [0.717, 1.165) is 4.90 Å². The van der Waals surface area contributed by atoms with E-state index in [1.54, 1.807) is 23.9 Å². The Morgan fingerprint density at radius 3 is 2.38 bits per heavy atom. The Balaban J connectivity index is 1.85. The van der Waals surface area contributed by atoms with Gasteiger partial charge in [0.25, 0.3) is 0 Å². The molecule has 0 fully saturated rings. The molecule has 1 amide bonds. The van der Waals surface area contributed by atoms with E-state index in [4.69, 9.17) is 28.9 Å². The minimum Gasteiger partial charge on any atom is -0.396 e. The van der Waals surface area contributed by atoms with Crippen molar-refractivity contribution in [3.8, 4) is 0 Å².